The van der Waals surface area contributed by atoms with Gasteiger partial charge in [0.05, 0.1) is 17.8 Å². The number of carbonyl (C=O) groups is 4. The molecule has 1 aliphatic carbocycles. The van der Waals surface area contributed by atoms with Gasteiger partial charge in [-0.2, -0.15) is 0 Å². The minimum absolute atomic E-state index is 0.0366. The van der Waals surface area contributed by atoms with Gasteiger partial charge in [0.25, 0.3) is 0 Å². The SMILES string of the molecule is CC(NC(=O)C(C)N1C(=O)CC(CC2=CC=C(O)CC2O)C1=O)C(=O)O. The summed E-state index contributed by atoms with van der Waals surface area (Å²) in [5.41, 5.74) is 0.535. The van der Waals surface area contributed by atoms with E-state index in [-0.39, 0.29) is 25.0 Å². The highest BCUT2D eigenvalue weighted by Crippen LogP contribution is 2.31. The molecule has 1 saturated heterocycles. The Morgan fingerprint density at radius 2 is 1.92 bits per heavy atom. The van der Waals surface area contributed by atoms with E-state index in [1.807, 2.05) is 0 Å². The van der Waals surface area contributed by atoms with Crippen molar-refractivity contribution in [2.45, 2.75) is 51.3 Å². The quantitative estimate of drug-likeness (QED) is 0.479. The molecule has 142 valence electrons. The van der Waals surface area contributed by atoms with Gasteiger partial charge in [-0.25, -0.2) is 0 Å². The maximum Gasteiger partial charge on any atom is 0.325 e. The molecule has 0 bridgehead atoms. The summed E-state index contributed by atoms with van der Waals surface area (Å²) in [6, 6.07) is -2.27. The molecule has 1 heterocycles. The predicted molar refractivity (Wildman–Crippen MR) is 88.7 cm³/mol. The third kappa shape index (κ3) is 4.10. The number of hydrogen-bond donors (Lipinski definition) is 4. The van der Waals surface area contributed by atoms with E-state index in [0.717, 1.165) is 4.90 Å². The number of nitrogens with zero attached hydrogens (tertiary/aromatic N) is 1. The van der Waals surface area contributed by atoms with Crippen molar-refractivity contribution in [3.63, 3.8) is 0 Å². The van der Waals surface area contributed by atoms with Crippen molar-refractivity contribution in [2.75, 3.05) is 0 Å². The Morgan fingerprint density at radius 1 is 1.27 bits per heavy atom. The molecule has 0 radical (unpaired) electrons. The van der Waals surface area contributed by atoms with E-state index in [0.29, 0.717) is 5.57 Å². The number of carbonyl (C=O) groups excluding carboxylic acids is 3. The van der Waals surface area contributed by atoms with E-state index < -0.39 is 47.8 Å². The smallest absolute Gasteiger partial charge is 0.325 e. The van der Waals surface area contributed by atoms with Crippen molar-refractivity contribution in [3.8, 4) is 0 Å². The molecule has 4 atom stereocenters. The fraction of sp³-hybridized carbons (Fsp3) is 0.529. The number of likely N-dealkylation sites (tertiary alicyclic amines) is 1. The molecular formula is C17H22N2O7. The second-order valence-corrected chi connectivity index (χ2v) is 6.57. The third-order valence-corrected chi connectivity index (χ3v) is 4.57. The molecule has 2 aliphatic rings. The number of aliphatic hydroxyl groups is 2. The summed E-state index contributed by atoms with van der Waals surface area (Å²) >= 11 is 0. The highest BCUT2D eigenvalue weighted by atomic mass is 16.4. The maximum absolute atomic E-state index is 12.6. The van der Waals surface area contributed by atoms with Crippen molar-refractivity contribution in [3.05, 3.63) is 23.5 Å². The van der Waals surface area contributed by atoms with Gasteiger partial charge < -0.3 is 20.6 Å². The van der Waals surface area contributed by atoms with E-state index in [1.165, 1.54) is 26.0 Å². The molecule has 0 spiro atoms. The van der Waals surface area contributed by atoms with Crippen LogP contribution < -0.4 is 5.32 Å². The predicted octanol–water partition coefficient (Wildman–Crippen LogP) is -0.138. The van der Waals surface area contributed by atoms with Crippen LogP contribution in [0.2, 0.25) is 0 Å². The minimum atomic E-state index is -1.22. The summed E-state index contributed by atoms with van der Waals surface area (Å²) < 4.78 is 0. The van der Waals surface area contributed by atoms with Crippen LogP contribution in [0.4, 0.5) is 0 Å². The van der Waals surface area contributed by atoms with Crippen LogP contribution in [0.25, 0.3) is 0 Å². The number of amides is 3. The summed E-state index contributed by atoms with van der Waals surface area (Å²) in [7, 11) is 0. The van der Waals surface area contributed by atoms with Crippen LogP contribution in [0.1, 0.15) is 33.1 Å². The zero-order valence-corrected chi connectivity index (χ0v) is 14.5. The lowest BCUT2D eigenvalue weighted by atomic mass is 9.90. The molecular weight excluding hydrogens is 344 g/mol. The second kappa shape index (κ2) is 7.69. The standard InChI is InChI=1S/C17H22N2O7/c1-8(17(25)26)18-15(23)9(2)19-14(22)6-11(16(19)24)5-10-3-4-12(20)7-13(10)21/h3-4,8-9,11,13,20-21H,5-7H2,1-2H3,(H,18,23)(H,25,26). The fourth-order valence-electron chi connectivity index (χ4n) is 3.00. The van der Waals surface area contributed by atoms with Crippen molar-refractivity contribution >= 4 is 23.7 Å². The lowest BCUT2D eigenvalue weighted by Gasteiger charge is -2.24. The Balaban J connectivity index is 2.06. The first-order chi connectivity index (χ1) is 12.1. The Bertz CT molecular complexity index is 697. The van der Waals surface area contributed by atoms with Gasteiger partial charge in [0.2, 0.25) is 17.7 Å². The van der Waals surface area contributed by atoms with E-state index in [2.05, 4.69) is 5.32 Å². The summed E-state index contributed by atoms with van der Waals surface area (Å²) in [5.74, 6) is -3.68. The lowest BCUT2D eigenvalue weighted by Crippen LogP contribution is -2.51. The summed E-state index contributed by atoms with van der Waals surface area (Å²) in [6.07, 6.45) is 2.14. The zero-order chi connectivity index (χ0) is 19.6. The van der Waals surface area contributed by atoms with E-state index >= 15 is 0 Å². The van der Waals surface area contributed by atoms with Gasteiger partial charge in [0, 0.05) is 12.8 Å². The van der Waals surface area contributed by atoms with Crippen molar-refractivity contribution < 1.29 is 34.5 Å². The van der Waals surface area contributed by atoms with Gasteiger partial charge in [-0.3, -0.25) is 24.1 Å². The fourth-order valence-corrected chi connectivity index (χ4v) is 3.00. The average Bonchev–Trinajstić information content (AvgIpc) is 2.83. The number of carboxylic acid groups (broad SMARTS) is 1. The monoisotopic (exact) mass is 366 g/mol. The van der Waals surface area contributed by atoms with Gasteiger partial charge >= 0.3 is 5.97 Å². The Hall–Kier alpha value is -2.68. The number of allylic oxidation sites excluding steroid dienone is 2. The number of aliphatic hydroxyl groups excluding tert-OH is 2. The highest BCUT2D eigenvalue weighted by molar-refractivity contribution is 6.07. The molecule has 0 aromatic heterocycles. The molecule has 4 unspecified atom stereocenters. The normalized spacial score (nSPS) is 25.4. The number of imide groups is 1. The molecule has 1 aliphatic heterocycles. The number of hydrogen-bond acceptors (Lipinski definition) is 6. The molecule has 3 amide bonds. The van der Waals surface area contributed by atoms with E-state index in [1.54, 1.807) is 0 Å². The Labute approximate surface area is 150 Å². The number of carboxylic acids is 1. The summed E-state index contributed by atoms with van der Waals surface area (Å²) in [6.45, 7) is 2.64. The zero-order valence-electron chi connectivity index (χ0n) is 14.5. The van der Waals surface area contributed by atoms with E-state index in [4.69, 9.17) is 5.11 Å². The first-order valence-electron chi connectivity index (χ1n) is 8.27. The van der Waals surface area contributed by atoms with Crippen molar-refractivity contribution in [1.82, 2.24) is 10.2 Å². The molecule has 2 rings (SSSR count). The van der Waals surface area contributed by atoms with Crippen LogP contribution in [0, 0.1) is 5.92 Å². The second-order valence-electron chi connectivity index (χ2n) is 6.57. The molecule has 9 heteroatoms. The lowest BCUT2D eigenvalue weighted by molar-refractivity contribution is -0.148. The van der Waals surface area contributed by atoms with Gasteiger partial charge in [-0.1, -0.05) is 6.08 Å². The Kier molecular flexibility index (Phi) is 5.81. The Morgan fingerprint density at radius 3 is 2.50 bits per heavy atom. The maximum atomic E-state index is 12.6. The molecule has 0 aromatic rings. The highest BCUT2D eigenvalue weighted by Gasteiger charge is 2.43. The number of rotatable bonds is 6. The molecule has 26 heavy (non-hydrogen) atoms. The summed E-state index contributed by atoms with van der Waals surface area (Å²) in [5, 5.41) is 30.4. The average molecular weight is 366 g/mol. The first-order valence-corrected chi connectivity index (χ1v) is 8.27. The van der Waals surface area contributed by atoms with Crippen molar-refractivity contribution in [1.29, 1.82) is 0 Å². The topological polar surface area (TPSA) is 144 Å². The minimum Gasteiger partial charge on any atom is -0.512 e. The first kappa shape index (κ1) is 19.6. The largest absolute Gasteiger partial charge is 0.512 e. The van der Waals surface area contributed by atoms with Crippen LogP contribution in [-0.4, -0.2) is 62.1 Å². The summed E-state index contributed by atoms with van der Waals surface area (Å²) in [4.78, 5) is 48.6. The van der Waals surface area contributed by atoms with Crippen LogP contribution >= 0.6 is 0 Å². The number of aliphatic carboxylic acids is 1. The number of nitrogens with one attached hydrogen (secondary N) is 1. The van der Waals surface area contributed by atoms with Crippen molar-refractivity contribution in [2.24, 2.45) is 5.92 Å². The van der Waals surface area contributed by atoms with E-state index in [9.17, 15) is 29.4 Å². The van der Waals surface area contributed by atoms with Gasteiger partial charge in [-0.15, -0.1) is 0 Å². The molecule has 4 N–H and O–H groups in total. The molecule has 0 aromatic carbocycles. The third-order valence-electron chi connectivity index (χ3n) is 4.57. The molecule has 0 saturated carbocycles. The molecule has 1 fully saturated rings. The van der Waals surface area contributed by atoms with Gasteiger partial charge in [0.1, 0.15) is 12.1 Å². The van der Waals surface area contributed by atoms with Gasteiger partial charge in [0.15, 0.2) is 0 Å². The van der Waals surface area contributed by atoms with Crippen LogP contribution in [-0.2, 0) is 19.2 Å². The van der Waals surface area contributed by atoms with Crippen LogP contribution in [0.15, 0.2) is 23.5 Å². The van der Waals surface area contributed by atoms with Gasteiger partial charge in [-0.05, 0) is 31.9 Å². The molecule has 9 nitrogen and oxygen atoms in total. The van der Waals surface area contributed by atoms with Crippen LogP contribution in [0.5, 0.6) is 0 Å². The van der Waals surface area contributed by atoms with Crippen LogP contribution in [0.3, 0.4) is 0 Å².